The number of nitrogens with two attached hydrogens (primary N) is 1. The van der Waals surface area contributed by atoms with E-state index in [1.807, 2.05) is 13.8 Å². The third kappa shape index (κ3) is 5.16. The molecular formula is C13H20FNO3S. The minimum absolute atomic E-state index is 0.117. The van der Waals surface area contributed by atoms with E-state index in [1.165, 1.54) is 24.3 Å². The Morgan fingerprint density at radius 1 is 1.21 bits per heavy atom. The predicted octanol–water partition coefficient (Wildman–Crippen LogP) is 2.30. The van der Waals surface area contributed by atoms with Crippen molar-refractivity contribution in [1.82, 2.24) is 0 Å². The van der Waals surface area contributed by atoms with E-state index in [0.717, 1.165) is 0 Å². The highest BCUT2D eigenvalue weighted by molar-refractivity contribution is 7.89. The molecule has 0 bridgehead atoms. The van der Waals surface area contributed by atoms with E-state index in [0.29, 0.717) is 18.6 Å². The van der Waals surface area contributed by atoms with E-state index < -0.39 is 15.4 Å². The van der Waals surface area contributed by atoms with E-state index >= 15 is 0 Å². The van der Waals surface area contributed by atoms with Crippen molar-refractivity contribution in [3.8, 4) is 5.75 Å². The molecule has 0 atom stereocenters. The number of halogens is 1. The van der Waals surface area contributed by atoms with Gasteiger partial charge in [-0.15, -0.1) is 0 Å². The van der Waals surface area contributed by atoms with Crippen LogP contribution < -0.4 is 9.88 Å². The monoisotopic (exact) mass is 289 g/mol. The standard InChI is InChI=1S/C13H20FNO3S/c1-3-13(4-2,10-19(15,16)17)9-18-12-7-5-11(14)6-8-12/h5-8H,3-4,9-10H2,1-2H3,(H2,15,16,17). The molecule has 0 fully saturated rings. The molecule has 0 radical (unpaired) electrons. The van der Waals surface area contributed by atoms with Crippen molar-refractivity contribution >= 4 is 10.0 Å². The average Bonchev–Trinajstić information content (AvgIpc) is 2.35. The van der Waals surface area contributed by atoms with Crippen LogP contribution >= 0.6 is 0 Å². The number of ether oxygens (including phenoxy) is 1. The van der Waals surface area contributed by atoms with Gasteiger partial charge in [-0.25, -0.2) is 17.9 Å². The van der Waals surface area contributed by atoms with Crippen LogP contribution in [0, 0.1) is 11.2 Å². The molecule has 108 valence electrons. The molecule has 0 aliphatic rings. The van der Waals surface area contributed by atoms with Gasteiger partial charge in [-0.1, -0.05) is 13.8 Å². The van der Waals surface area contributed by atoms with Crippen LogP contribution in [0.4, 0.5) is 4.39 Å². The van der Waals surface area contributed by atoms with Crippen molar-refractivity contribution in [3.05, 3.63) is 30.1 Å². The van der Waals surface area contributed by atoms with E-state index in [-0.39, 0.29) is 18.2 Å². The van der Waals surface area contributed by atoms with Crippen molar-refractivity contribution in [3.63, 3.8) is 0 Å². The SMILES string of the molecule is CCC(CC)(COc1ccc(F)cc1)CS(N)(=O)=O. The van der Waals surface area contributed by atoms with Crippen molar-refractivity contribution in [2.45, 2.75) is 26.7 Å². The summed E-state index contributed by atoms with van der Waals surface area (Å²) in [5.74, 6) is 0.0602. The third-order valence-electron chi connectivity index (χ3n) is 3.37. The molecule has 1 aromatic carbocycles. The van der Waals surface area contributed by atoms with Gasteiger partial charge in [0.1, 0.15) is 11.6 Å². The van der Waals surface area contributed by atoms with Crippen LogP contribution in [0.15, 0.2) is 24.3 Å². The van der Waals surface area contributed by atoms with E-state index in [2.05, 4.69) is 0 Å². The topological polar surface area (TPSA) is 69.4 Å². The second kappa shape index (κ2) is 6.34. The summed E-state index contributed by atoms with van der Waals surface area (Å²) in [6, 6.07) is 5.63. The Morgan fingerprint density at radius 3 is 2.16 bits per heavy atom. The largest absolute Gasteiger partial charge is 0.493 e. The molecule has 0 spiro atoms. The van der Waals surface area contributed by atoms with Crippen LogP contribution in [-0.4, -0.2) is 20.8 Å². The Bertz CT molecular complexity index is 495. The maximum Gasteiger partial charge on any atom is 0.209 e. The molecule has 4 nitrogen and oxygen atoms in total. The average molecular weight is 289 g/mol. The Hall–Kier alpha value is -1.14. The van der Waals surface area contributed by atoms with Crippen molar-refractivity contribution in [2.24, 2.45) is 10.6 Å². The first-order valence-corrected chi connectivity index (χ1v) is 7.90. The predicted molar refractivity (Wildman–Crippen MR) is 72.9 cm³/mol. The molecule has 0 heterocycles. The molecule has 0 aromatic heterocycles. The van der Waals surface area contributed by atoms with Crippen molar-refractivity contribution in [1.29, 1.82) is 0 Å². The second-order valence-electron chi connectivity index (χ2n) is 4.76. The van der Waals surface area contributed by atoms with Gasteiger partial charge >= 0.3 is 0 Å². The number of rotatable bonds is 7. The Kier molecular flexibility index (Phi) is 5.31. The molecule has 0 saturated heterocycles. The highest BCUT2D eigenvalue weighted by Crippen LogP contribution is 2.29. The molecule has 19 heavy (non-hydrogen) atoms. The molecule has 6 heteroatoms. The lowest BCUT2D eigenvalue weighted by Crippen LogP contribution is -2.37. The first-order valence-electron chi connectivity index (χ1n) is 6.19. The molecule has 2 N–H and O–H groups in total. The van der Waals surface area contributed by atoms with Crippen LogP contribution in [0.5, 0.6) is 5.75 Å². The zero-order valence-corrected chi connectivity index (χ0v) is 12.0. The summed E-state index contributed by atoms with van der Waals surface area (Å²) in [6.45, 7) is 4.05. The summed E-state index contributed by atoms with van der Waals surface area (Å²) in [6.07, 6.45) is 1.28. The van der Waals surface area contributed by atoms with Gasteiger partial charge in [-0.2, -0.15) is 0 Å². The highest BCUT2D eigenvalue weighted by atomic mass is 32.2. The molecule has 1 aromatic rings. The number of sulfonamides is 1. The van der Waals surface area contributed by atoms with Crippen LogP contribution in [0.3, 0.4) is 0 Å². The number of hydrogen-bond donors (Lipinski definition) is 1. The van der Waals surface area contributed by atoms with Gasteiger partial charge in [0.2, 0.25) is 10.0 Å². The van der Waals surface area contributed by atoms with Gasteiger partial charge in [-0.05, 0) is 37.1 Å². The zero-order valence-electron chi connectivity index (χ0n) is 11.2. The number of hydrogen-bond acceptors (Lipinski definition) is 3. The summed E-state index contributed by atoms with van der Waals surface area (Å²) >= 11 is 0. The molecule has 0 saturated carbocycles. The fourth-order valence-electron chi connectivity index (χ4n) is 1.89. The zero-order chi connectivity index (χ0) is 14.5. The number of primary sulfonamides is 1. The Balaban J connectivity index is 2.76. The third-order valence-corrected chi connectivity index (χ3v) is 4.38. The summed E-state index contributed by atoms with van der Waals surface area (Å²) in [5, 5.41) is 5.13. The molecule has 0 amide bonds. The summed E-state index contributed by atoms with van der Waals surface area (Å²) in [7, 11) is -3.56. The second-order valence-corrected chi connectivity index (χ2v) is 6.37. The first kappa shape index (κ1) is 15.9. The fraction of sp³-hybridized carbons (Fsp3) is 0.538. The van der Waals surface area contributed by atoms with Crippen LogP contribution in [0.2, 0.25) is 0 Å². The number of benzene rings is 1. The molecule has 0 aliphatic heterocycles. The van der Waals surface area contributed by atoms with Crippen LogP contribution in [0.25, 0.3) is 0 Å². The smallest absolute Gasteiger partial charge is 0.209 e. The van der Waals surface area contributed by atoms with Crippen molar-refractivity contribution < 1.29 is 17.5 Å². The quantitative estimate of drug-likeness (QED) is 0.837. The van der Waals surface area contributed by atoms with Crippen LogP contribution in [-0.2, 0) is 10.0 Å². The van der Waals surface area contributed by atoms with E-state index in [4.69, 9.17) is 9.88 Å². The molecular weight excluding hydrogens is 269 g/mol. The van der Waals surface area contributed by atoms with Gasteiger partial charge < -0.3 is 4.74 Å². The maximum absolute atomic E-state index is 12.8. The molecule has 0 unspecified atom stereocenters. The minimum Gasteiger partial charge on any atom is -0.493 e. The Morgan fingerprint density at radius 2 is 1.74 bits per heavy atom. The van der Waals surface area contributed by atoms with Gasteiger partial charge in [0, 0.05) is 5.41 Å². The lowest BCUT2D eigenvalue weighted by molar-refractivity contribution is 0.154. The normalized spacial score (nSPS) is 12.4. The summed E-state index contributed by atoms with van der Waals surface area (Å²) in [5.41, 5.74) is -0.512. The van der Waals surface area contributed by atoms with Gasteiger partial charge in [0.15, 0.2) is 0 Å². The molecule has 1 rings (SSSR count). The van der Waals surface area contributed by atoms with Crippen LogP contribution in [0.1, 0.15) is 26.7 Å². The highest BCUT2D eigenvalue weighted by Gasteiger charge is 2.32. The van der Waals surface area contributed by atoms with Gasteiger partial charge in [0.25, 0.3) is 0 Å². The van der Waals surface area contributed by atoms with Gasteiger partial charge in [0.05, 0.1) is 12.4 Å². The van der Waals surface area contributed by atoms with E-state index in [9.17, 15) is 12.8 Å². The first-order chi connectivity index (χ1) is 8.80. The maximum atomic E-state index is 12.8. The lowest BCUT2D eigenvalue weighted by atomic mass is 9.85. The van der Waals surface area contributed by atoms with E-state index in [1.54, 1.807) is 0 Å². The van der Waals surface area contributed by atoms with Gasteiger partial charge in [-0.3, -0.25) is 0 Å². The fourth-order valence-corrected chi connectivity index (χ4v) is 3.24. The summed E-state index contributed by atoms with van der Waals surface area (Å²) < 4.78 is 40.9. The minimum atomic E-state index is -3.56. The molecule has 0 aliphatic carbocycles. The Labute approximate surface area is 113 Å². The van der Waals surface area contributed by atoms with Crippen molar-refractivity contribution in [2.75, 3.05) is 12.4 Å². The lowest BCUT2D eigenvalue weighted by Gasteiger charge is -2.30. The summed E-state index contributed by atoms with van der Waals surface area (Å²) in [4.78, 5) is 0.